The number of aryl methyl sites for hydroxylation is 1. The van der Waals surface area contributed by atoms with E-state index in [0.29, 0.717) is 11.1 Å². The van der Waals surface area contributed by atoms with Crippen LogP contribution in [0.1, 0.15) is 12.7 Å². The highest BCUT2D eigenvalue weighted by molar-refractivity contribution is 8.00. The van der Waals surface area contributed by atoms with Crippen molar-refractivity contribution in [2.45, 2.75) is 22.8 Å². The Morgan fingerprint density at radius 3 is 2.90 bits per heavy atom. The summed E-state index contributed by atoms with van der Waals surface area (Å²) in [6, 6.07) is 1.78. The van der Waals surface area contributed by atoms with Gasteiger partial charge < -0.3 is 5.73 Å². The third-order valence-electron chi connectivity index (χ3n) is 2.27. The zero-order valence-electron chi connectivity index (χ0n) is 10.5. The molecule has 0 aromatic carbocycles. The van der Waals surface area contributed by atoms with Gasteiger partial charge in [0.25, 0.3) is 5.95 Å². The van der Waals surface area contributed by atoms with Crippen molar-refractivity contribution in [1.29, 1.82) is 0 Å². The Bertz CT molecular complexity index is 708. The van der Waals surface area contributed by atoms with Gasteiger partial charge in [-0.3, -0.25) is 0 Å². The molecule has 3 rings (SSSR count). The molecule has 0 fully saturated rings. The van der Waals surface area contributed by atoms with Crippen LogP contribution in [0, 0.1) is 0 Å². The van der Waals surface area contributed by atoms with Crippen LogP contribution in [0.4, 0.5) is 5.95 Å². The predicted octanol–water partition coefficient (Wildman–Crippen LogP) is 1.20. The van der Waals surface area contributed by atoms with Crippen LogP contribution in [-0.4, -0.2) is 34.1 Å². The van der Waals surface area contributed by atoms with Crippen molar-refractivity contribution in [3.05, 3.63) is 24.3 Å². The first-order valence-electron chi connectivity index (χ1n) is 5.76. The highest BCUT2D eigenvalue weighted by Gasteiger charge is 2.11. The minimum absolute atomic E-state index is 0.147. The third-order valence-corrected chi connectivity index (χ3v) is 3.93. The maximum absolute atomic E-state index is 5.70. The largest absolute Gasteiger partial charge is 0.368 e. The van der Waals surface area contributed by atoms with E-state index in [4.69, 9.17) is 5.73 Å². The number of nitrogens with zero attached hydrogens (tertiary/aromatic N) is 7. The Labute approximate surface area is 122 Å². The lowest BCUT2D eigenvalue weighted by atomic mass is 10.5. The van der Waals surface area contributed by atoms with Crippen LogP contribution in [0.2, 0.25) is 0 Å². The average molecular weight is 306 g/mol. The second-order valence-corrected chi connectivity index (χ2v) is 5.63. The van der Waals surface area contributed by atoms with E-state index in [9.17, 15) is 0 Å². The monoisotopic (exact) mass is 306 g/mol. The van der Waals surface area contributed by atoms with E-state index in [1.54, 1.807) is 18.5 Å². The summed E-state index contributed by atoms with van der Waals surface area (Å²) in [6.07, 6.45) is 4.18. The second-order valence-electron chi connectivity index (χ2n) is 3.66. The lowest BCUT2D eigenvalue weighted by Crippen LogP contribution is -2.07. The fourth-order valence-corrected chi connectivity index (χ4v) is 2.96. The fourth-order valence-electron chi connectivity index (χ4n) is 1.40. The van der Waals surface area contributed by atoms with Gasteiger partial charge in [0, 0.05) is 18.8 Å². The Morgan fingerprint density at radius 2 is 2.20 bits per heavy atom. The minimum Gasteiger partial charge on any atom is -0.368 e. The summed E-state index contributed by atoms with van der Waals surface area (Å²) in [4.78, 5) is 16.8. The van der Waals surface area contributed by atoms with Crippen molar-refractivity contribution >= 4 is 29.2 Å². The van der Waals surface area contributed by atoms with Crippen LogP contribution in [0.15, 0.2) is 28.0 Å². The molecule has 102 valence electrons. The molecule has 0 aliphatic rings. The molecule has 20 heavy (non-hydrogen) atoms. The molecule has 10 heteroatoms. The molecule has 8 nitrogen and oxygen atoms in total. The van der Waals surface area contributed by atoms with Gasteiger partial charge in [-0.05, 0) is 29.4 Å². The van der Waals surface area contributed by atoms with Gasteiger partial charge in [0.05, 0.1) is 0 Å². The Hall–Kier alpha value is -2.07. The highest BCUT2D eigenvalue weighted by Crippen LogP contribution is 2.26. The molecule has 0 bridgehead atoms. The van der Waals surface area contributed by atoms with E-state index < -0.39 is 0 Å². The van der Waals surface area contributed by atoms with Gasteiger partial charge in [0.2, 0.25) is 11.1 Å². The van der Waals surface area contributed by atoms with Crippen LogP contribution in [-0.2, 0) is 6.42 Å². The molecule has 0 saturated heterocycles. The van der Waals surface area contributed by atoms with Gasteiger partial charge >= 0.3 is 0 Å². The number of rotatable bonds is 4. The standard InChI is InChI=1S/C10H10N8S2/c1-2-6-13-10(20-17-6)19-9-15-7(11)14-8(16-9)18-5-3-4-12-18/h3-5H,2H2,1H3,(H2,11,14,15,16). The summed E-state index contributed by atoms with van der Waals surface area (Å²) in [6.45, 7) is 2.01. The predicted molar refractivity (Wildman–Crippen MR) is 74.8 cm³/mol. The lowest BCUT2D eigenvalue weighted by Gasteiger charge is -2.02. The van der Waals surface area contributed by atoms with Gasteiger partial charge in [-0.25, -0.2) is 9.67 Å². The molecular formula is C10H10N8S2. The minimum atomic E-state index is 0.147. The summed E-state index contributed by atoms with van der Waals surface area (Å²) < 4.78 is 6.52. The van der Waals surface area contributed by atoms with E-state index in [1.807, 2.05) is 6.92 Å². The SMILES string of the molecule is CCc1nsc(Sc2nc(N)nc(-n3cccn3)n2)n1. The molecule has 3 aromatic rings. The number of anilines is 1. The molecule has 2 N–H and O–H groups in total. The molecule has 0 unspecified atom stereocenters. The maximum Gasteiger partial charge on any atom is 0.256 e. The maximum atomic E-state index is 5.70. The van der Waals surface area contributed by atoms with Crippen molar-refractivity contribution in [2.24, 2.45) is 0 Å². The van der Waals surface area contributed by atoms with Crippen LogP contribution in [0.25, 0.3) is 5.95 Å². The Balaban J connectivity index is 1.90. The van der Waals surface area contributed by atoms with Gasteiger partial charge in [0.15, 0.2) is 4.34 Å². The fraction of sp³-hybridized carbons (Fsp3) is 0.200. The third kappa shape index (κ3) is 2.75. The van der Waals surface area contributed by atoms with Crippen molar-refractivity contribution in [1.82, 2.24) is 34.1 Å². The lowest BCUT2D eigenvalue weighted by molar-refractivity contribution is 0.764. The van der Waals surface area contributed by atoms with E-state index in [1.165, 1.54) is 28.0 Å². The molecule has 0 radical (unpaired) electrons. The van der Waals surface area contributed by atoms with Crippen molar-refractivity contribution < 1.29 is 0 Å². The first kappa shape index (κ1) is 12.9. The highest BCUT2D eigenvalue weighted by atomic mass is 32.2. The molecule has 0 atom stereocenters. The van der Waals surface area contributed by atoms with Gasteiger partial charge in [0.1, 0.15) is 5.82 Å². The summed E-state index contributed by atoms with van der Waals surface area (Å²) in [5, 5.41) is 4.54. The summed E-state index contributed by atoms with van der Waals surface area (Å²) in [5.74, 6) is 1.34. The molecule has 0 saturated carbocycles. The first-order chi connectivity index (χ1) is 9.74. The zero-order valence-corrected chi connectivity index (χ0v) is 12.1. The van der Waals surface area contributed by atoms with Crippen LogP contribution in [0.3, 0.4) is 0 Å². The van der Waals surface area contributed by atoms with Crippen molar-refractivity contribution in [3.63, 3.8) is 0 Å². The van der Waals surface area contributed by atoms with E-state index in [2.05, 4.69) is 29.4 Å². The number of hydrogen-bond donors (Lipinski definition) is 1. The quantitative estimate of drug-likeness (QED) is 0.766. The number of nitrogen functional groups attached to an aromatic ring is 1. The van der Waals surface area contributed by atoms with Crippen molar-refractivity contribution in [3.8, 4) is 5.95 Å². The second kappa shape index (κ2) is 5.51. The number of hydrogen-bond acceptors (Lipinski definition) is 9. The summed E-state index contributed by atoms with van der Waals surface area (Å²) in [5.41, 5.74) is 5.70. The molecule has 0 aliphatic carbocycles. The van der Waals surface area contributed by atoms with E-state index in [-0.39, 0.29) is 5.95 Å². The first-order valence-corrected chi connectivity index (χ1v) is 7.35. The zero-order chi connectivity index (χ0) is 13.9. The van der Waals surface area contributed by atoms with Crippen LogP contribution < -0.4 is 5.73 Å². The number of nitrogens with two attached hydrogens (primary N) is 1. The smallest absolute Gasteiger partial charge is 0.256 e. The van der Waals surface area contributed by atoms with Crippen molar-refractivity contribution in [2.75, 3.05) is 5.73 Å². The molecule has 0 spiro atoms. The van der Waals surface area contributed by atoms with E-state index in [0.717, 1.165) is 16.6 Å². The number of aromatic nitrogens is 7. The molecular weight excluding hydrogens is 296 g/mol. The average Bonchev–Trinajstić information content (AvgIpc) is 3.09. The Morgan fingerprint density at radius 1 is 1.30 bits per heavy atom. The topological polar surface area (TPSA) is 108 Å². The molecule has 0 amide bonds. The van der Waals surface area contributed by atoms with Crippen LogP contribution in [0.5, 0.6) is 0 Å². The van der Waals surface area contributed by atoms with E-state index >= 15 is 0 Å². The van der Waals surface area contributed by atoms with Gasteiger partial charge in [-0.2, -0.15) is 24.4 Å². The molecule has 0 aliphatic heterocycles. The summed E-state index contributed by atoms with van der Waals surface area (Å²) >= 11 is 2.63. The van der Waals surface area contributed by atoms with Crippen LogP contribution >= 0.6 is 23.3 Å². The molecule has 3 heterocycles. The summed E-state index contributed by atoms with van der Waals surface area (Å²) in [7, 11) is 0. The Kier molecular flexibility index (Phi) is 3.56. The van der Waals surface area contributed by atoms with Gasteiger partial charge in [-0.15, -0.1) is 0 Å². The van der Waals surface area contributed by atoms with Gasteiger partial charge in [-0.1, -0.05) is 6.92 Å². The normalized spacial score (nSPS) is 10.8. The molecule has 3 aromatic heterocycles.